The van der Waals surface area contributed by atoms with Crippen molar-refractivity contribution in [2.75, 3.05) is 11.9 Å². The Bertz CT molecular complexity index is 788. The Labute approximate surface area is 175 Å². The molecule has 156 valence electrons. The Morgan fingerprint density at radius 2 is 1.90 bits per heavy atom. The molecule has 7 nitrogen and oxygen atoms in total. The molecule has 1 saturated carbocycles. The van der Waals surface area contributed by atoms with Gasteiger partial charge in [0, 0.05) is 31.6 Å². The normalized spacial score (nSPS) is 21.4. The first-order chi connectivity index (χ1) is 14.0. The van der Waals surface area contributed by atoms with Crippen molar-refractivity contribution >= 4 is 40.4 Å². The maximum atomic E-state index is 13.0. The lowest BCUT2D eigenvalue weighted by molar-refractivity contribution is -0.132. The quantitative estimate of drug-likeness (QED) is 0.564. The minimum absolute atomic E-state index is 0.00513. The fraction of sp³-hybridized carbons (Fsp3) is 0.524. The van der Waals surface area contributed by atoms with E-state index in [4.69, 9.17) is 4.74 Å². The molecule has 0 aromatic heterocycles. The highest BCUT2D eigenvalue weighted by atomic mass is 32.2. The van der Waals surface area contributed by atoms with Crippen molar-refractivity contribution in [1.29, 1.82) is 0 Å². The molecule has 1 unspecified atom stereocenters. The predicted molar refractivity (Wildman–Crippen MR) is 114 cm³/mol. The molecule has 0 radical (unpaired) electrons. The molecular weight excluding hydrogens is 390 g/mol. The first kappa shape index (κ1) is 21.4. The van der Waals surface area contributed by atoms with Gasteiger partial charge in [-0.3, -0.25) is 24.3 Å². The Kier molecular flexibility index (Phi) is 7.30. The number of amidine groups is 1. The third kappa shape index (κ3) is 5.59. The summed E-state index contributed by atoms with van der Waals surface area (Å²) in [7, 11) is 0. The van der Waals surface area contributed by atoms with Crippen molar-refractivity contribution in [3.8, 4) is 5.75 Å². The van der Waals surface area contributed by atoms with Gasteiger partial charge in [-0.1, -0.05) is 31.0 Å². The third-order valence-electron chi connectivity index (χ3n) is 4.97. The minimum atomic E-state index is -0.442. The zero-order valence-corrected chi connectivity index (χ0v) is 17.7. The molecule has 29 heavy (non-hydrogen) atoms. The lowest BCUT2D eigenvalue weighted by Gasteiger charge is -2.30. The number of nitrogens with one attached hydrogen (secondary N) is 1. The topological polar surface area (TPSA) is 88.1 Å². The van der Waals surface area contributed by atoms with Gasteiger partial charge in [0.15, 0.2) is 5.17 Å². The molecule has 1 atom stereocenters. The van der Waals surface area contributed by atoms with E-state index in [9.17, 15) is 14.4 Å². The molecule has 1 saturated heterocycles. The molecule has 0 bridgehead atoms. The van der Waals surface area contributed by atoms with Crippen LogP contribution in [0.3, 0.4) is 0 Å². The summed E-state index contributed by atoms with van der Waals surface area (Å²) >= 11 is 1.40. The van der Waals surface area contributed by atoms with Gasteiger partial charge in [-0.15, -0.1) is 0 Å². The van der Waals surface area contributed by atoms with Crippen LogP contribution in [0.2, 0.25) is 0 Å². The van der Waals surface area contributed by atoms with E-state index >= 15 is 0 Å². The maximum absolute atomic E-state index is 13.0. The molecule has 1 aromatic rings. The van der Waals surface area contributed by atoms with E-state index in [2.05, 4.69) is 10.3 Å². The molecule has 2 aliphatic rings. The number of hydrogen-bond donors (Lipinski definition) is 1. The number of hydrogen-bond acceptors (Lipinski definition) is 6. The summed E-state index contributed by atoms with van der Waals surface area (Å²) < 4.78 is 4.98. The summed E-state index contributed by atoms with van der Waals surface area (Å²) in [6.45, 7) is 3.90. The van der Waals surface area contributed by atoms with Gasteiger partial charge in [0.25, 0.3) is 0 Å². The molecule has 1 aliphatic carbocycles. The highest BCUT2D eigenvalue weighted by molar-refractivity contribution is 8.15. The number of benzene rings is 1. The van der Waals surface area contributed by atoms with Crippen molar-refractivity contribution < 1.29 is 19.1 Å². The minimum Gasteiger partial charge on any atom is -0.427 e. The van der Waals surface area contributed by atoms with E-state index in [1.165, 1.54) is 25.1 Å². The number of esters is 1. The first-order valence-electron chi connectivity index (χ1n) is 10.1. The number of rotatable bonds is 6. The molecule has 1 aromatic carbocycles. The van der Waals surface area contributed by atoms with Crippen LogP contribution in [0.1, 0.15) is 52.4 Å². The molecule has 1 N–H and O–H groups in total. The number of ether oxygens (including phenoxy) is 1. The van der Waals surface area contributed by atoms with E-state index in [-0.39, 0.29) is 24.3 Å². The predicted octanol–water partition coefficient (Wildman–Crippen LogP) is 3.59. The Morgan fingerprint density at radius 3 is 2.52 bits per heavy atom. The van der Waals surface area contributed by atoms with E-state index in [0.29, 0.717) is 18.0 Å². The standard InChI is InChI=1S/C21H27N3O4S/c1-3-22-21-24(16-7-5-4-6-8-16)20(27)18(29-21)13-19(26)23-15-9-11-17(12-10-15)28-14(2)25/h9-12,16,18H,3-8,13H2,1-2H3,(H,23,26). The molecule has 8 heteroatoms. The molecule has 2 amide bonds. The molecule has 1 heterocycles. The monoisotopic (exact) mass is 417 g/mol. The van der Waals surface area contributed by atoms with E-state index in [0.717, 1.165) is 30.9 Å². The Morgan fingerprint density at radius 1 is 1.21 bits per heavy atom. The molecule has 2 fully saturated rings. The highest BCUT2D eigenvalue weighted by Gasteiger charge is 2.42. The van der Waals surface area contributed by atoms with Gasteiger partial charge in [0.05, 0.1) is 0 Å². The molecule has 0 spiro atoms. The van der Waals surface area contributed by atoms with Crippen molar-refractivity contribution in [2.45, 2.75) is 63.7 Å². The van der Waals surface area contributed by atoms with Crippen LogP contribution >= 0.6 is 11.8 Å². The lowest BCUT2D eigenvalue weighted by atomic mass is 9.94. The number of nitrogens with zero attached hydrogens (tertiary/aromatic N) is 2. The van der Waals surface area contributed by atoms with Crippen molar-refractivity contribution in [2.24, 2.45) is 4.99 Å². The summed E-state index contributed by atoms with van der Waals surface area (Å²) in [5, 5.41) is 3.12. The van der Waals surface area contributed by atoms with Crippen LogP contribution in [0.4, 0.5) is 5.69 Å². The zero-order valence-electron chi connectivity index (χ0n) is 16.8. The second kappa shape index (κ2) is 9.91. The second-order valence-electron chi connectivity index (χ2n) is 7.23. The number of amides is 2. The number of aliphatic imine (C=N–C) groups is 1. The molecule has 3 rings (SSSR count). The van der Waals surface area contributed by atoms with Gasteiger partial charge in [-0.25, -0.2) is 0 Å². The van der Waals surface area contributed by atoms with Crippen molar-refractivity contribution in [3.63, 3.8) is 0 Å². The first-order valence-corrected chi connectivity index (χ1v) is 11.0. The van der Waals surface area contributed by atoms with Crippen LogP contribution in [0.15, 0.2) is 29.3 Å². The fourth-order valence-corrected chi connectivity index (χ4v) is 4.95. The summed E-state index contributed by atoms with van der Waals surface area (Å²) in [5.41, 5.74) is 0.591. The summed E-state index contributed by atoms with van der Waals surface area (Å²) in [5.74, 6) is -0.210. The number of anilines is 1. The van der Waals surface area contributed by atoms with Crippen LogP contribution in [0.25, 0.3) is 0 Å². The smallest absolute Gasteiger partial charge is 0.308 e. The van der Waals surface area contributed by atoms with Crippen LogP contribution < -0.4 is 10.1 Å². The van der Waals surface area contributed by atoms with Gasteiger partial charge < -0.3 is 10.1 Å². The lowest BCUT2D eigenvalue weighted by Crippen LogP contribution is -2.42. The number of carbonyl (C=O) groups is 3. The zero-order chi connectivity index (χ0) is 20.8. The van der Waals surface area contributed by atoms with Crippen LogP contribution in [-0.2, 0) is 14.4 Å². The van der Waals surface area contributed by atoms with Gasteiger partial charge in [-0.05, 0) is 44.0 Å². The average molecular weight is 418 g/mol. The highest BCUT2D eigenvalue weighted by Crippen LogP contribution is 2.35. The molecular formula is C21H27N3O4S. The average Bonchev–Trinajstić information content (AvgIpc) is 2.99. The van der Waals surface area contributed by atoms with Crippen LogP contribution in [0, 0.1) is 0 Å². The third-order valence-corrected chi connectivity index (χ3v) is 6.16. The van der Waals surface area contributed by atoms with Gasteiger partial charge >= 0.3 is 5.97 Å². The van der Waals surface area contributed by atoms with Crippen molar-refractivity contribution in [1.82, 2.24) is 4.90 Å². The van der Waals surface area contributed by atoms with Crippen LogP contribution in [0.5, 0.6) is 5.75 Å². The molecule has 1 aliphatic heterocycles. The summed E-state index contributed by atoms with van der Waals surface area (Å²) in [6.07, 6.45) is 5.58. The Hall–Kier alpha value is -2.35. The van der Waals surface area contributed by atoms with Crippen LogP contribution in [-0.4, -0.2) is 45.7 Å². The van der Waals surface area contributed by atoms with Gasteiger partial charge in [0.2, 0.25) is 11.8 Å². The number of carbonyl (C=O) groups excluding carboxylic acids is 3. The Balaban J connectivity index is 1.61. The maximum Gasteiger partial charge on any atom is 0.308 e. The SMILES string of the molecule is CCN=C1SC(CC(=O)Nc2ccc(OC(C)=O)cc2)C(=O)N1C1CCCCC1. The van der Waals surface area contributed by atoms with Gasteiger partial charge in [0.1, 0.15) is 11.0 Å². The van der Waals surface area contributed by atoms with E-state index < -0.39 is 11.2 Å². The fourth-order valence-electron chi connectivity index (χ4n) is 3.69. The summed E-state index contributed by atoms with van der Waals surface area (Å²) in [4.78, 5) is 42.9. The van der Waals surface area contributed by atoms with E-state index in [1.54, 1.807) is 24.3 Å². The van der Waals surface area contributed by atoms with E-state index in [1.807, 2.05) is 11.8 Å². The second-order valence-corrected chi connectivity index (χ2v) is 8.40. The van der Waals surface area contributed by atoms with Gasteiger partial charge in [-0.2, -0.15) is 0 Å². The number of thioether (sulfide) groups is 1. The largest absolute Gasteiger partial charge is 0.427 e. The summed E-state index contributed by atoms with van der Waals surface area (Å²) in [6, 6.07) is 6.76. The van der Waals surface area contributed by atoms with Crippen molar-refractivity contribution in [3.05, 3.63) is 24.3 Å².